The quantitative estimate of drug-likeness (QED) is 0.386. The molecule has 0 aliphatic carbocycles. The SMILES string of the molecule is C[C@H]1COCCN1c1nc(N2CCOC[C@@H]2C)c2ccc(-c3cccc(NS(C)(=O)=O)c3)[n+](O)c2n1. The number of hydrogen-bond donors (Lipinski definition) is 2. The van der Waals surface area contributed by atoms with Crippen molar-refractivity contribution in [3.8, 4) is 11.3 Å². The second-order valence-corrected chi connectivity index (χ2v) is 11.1. The molecule has 0 unspecified atom stereocenters. The highest BCUT2D eigenvalue weighted by Gasteiger charge is 2.32. The molecule has 12 heteroatoms. The highest BCUT2D eigenvalue weighted by Crippen LogP contribution is 2.31. The average molecular weight is 516 g/mol. The van der Waals surface area contributed by atoms with E-state index in [1.807, 2.05) is 6.07 Å². The predicted octanol–water partition coefficient (Wildman–Crippen LogP) is 1.64. The fraction of sp³-hybridized carbons (Fsp3) is 0.458. The Kier molecular flexibility index (Phi) is 6.58. The molecule has 3 aromatic rings. The van der Waals surface area contributed by atoms with Gasteiger partial charge < -0.3 is 24.5 Å². The van der Waals surface area contributed by atoms with Gasteiger partial charge in [0.15, 0.2) is 11.5 Å². The number of nitrogens with zero attached hydrogens (tertiary/aromatic N) is 5. The first kappa shape index (κ1) is 24.5. The molecule has 2 atom stereocenters. The number of sulfonamides is 1. The fourth-order valence-corrected chi connectivity index (χ4v) is 5.24. The molecular formula is C24H31N6O5S+. The van der Waals surface area contributed by atoms with Crippen LogP contribution in [0.1, 0.15) is 13.8 Å². The second-order valence-electron chi connectivity index (χ2n) is 9.30. The topological polar surface area (TPSA) is 121 Å². The average Bonchev–Trinajstić information content (AvgIpc) is 2.84. The Morgan fingerprint density at radius 2 is 1.72 bits per heavy atom. The zero-order chi connectivity index (χ0) is 25.4. The van der Waals surface area contributed by atoms with Gasteiger partial charge in [-0.2, -0.15) is 4.98 Å². The fourth-order valence-electron chi connectivity index (χ4n) is 4.68. The van der Waals surface area contributed by atoms with Crippen LogP contribution in [-0.2, 0) is 19.5 Å². The van der Waals surface area contributed by atoms with Crippen LogP contribution in [0.5, 0.6) is 0 Å². The molecule has 11 nitrogen and oxygen atoms in total. The van der Waals surface area contributed by atoms with Crippen LogP contribution in [-0.4, -0.2) is 81.4 Å². The van der Waals surface area contributed by atoms with Crippen molar-refractivity contribution in [2.75, 3.05) is 60.3 Å². The van der Waals surface area contributed by atoms with Gasteiger partial charge in [-0.25, -0.2) is 8.42 Å². The smallest absolute Gasteiger partial charge is 0.377 e. The van der Waals surface area contributed by atoms with Crippen LogP contribution in [0.3, 0.4) is 0 Å². The van der Waals surface area contributed by atoms with E-state index in [9.17, 15) is 13.6 Å². The lowest BCUT2D eigenvalue weighted by atomic mass is 10.1. The van der Waals surface area contributed by atoms with Crippen molar-refractivity contribution in [3.63, 3.8) is 0 Å². The number of nitrogens with one attached hydrogen (secondary N) is 1. The summed E-state index contributed by atoms with van der Waals surface area (Å²) in [5, 5.41) is 12.1. The Labute approximate surface area is 210 Å². The number of aromatic nitrogens is 3. The van der Waals surface area contributed by atoms with E-state index in [4.69, 9.17) is 19.4 Å². The van der Waals surface area contributed by atoms with Crippen LogP contribution < -0.4 is 19.3 Å². The number of ether oxygens (including phenoxy) is 2. The van der Waals surface area contributed by atoms with Crippen molar-refractivity contribution in [3.05, 3.63) is 36.4 Å². The van der Waals surface area contributed by atoms with E-state index in [1.54, 1.807) is 30.3 Å². The predicted molar refractivity (Wildman–Crippen MR) is 136 cm³/mol. The molecule has 0 bridgehead atoms. The Balaban J connectivity index is 1.67. The normalized spacial score (nSPS) is 21.1. The third-order valence-electron chi connectivity index (χ3n) is 6.46. The minimum Gasteiger partial charge on any atom is -0.377 e. The van der Waals surface area contributed by atoms with E-state index in [-0.39, 0.29) is 12.1 Å². The molecule has 192 valence electrons. The number of fused-ring (bicyclic) bond motifs is 1. The summed E-state index contributed by atoms with van der Waals surface area (Å²) >= 11 is 0. The molecule has 2 aromatic heterocycles. The van der Waals surface area contributed by atoms with Gasteiger partial charge in [0.05, 0.1) is 44.8 Å². The minimum absolute atomic E-state index is 0.0836. The van der Waals surface area contributed by atoms with Crippen LogP contribution in [0.2, 0.25) is 0 Å². The van der Waals surface area contributed by atoms with Crippen molar-refractivity contribution >= 4 is 38.5 Å². The van der Waals surface area contributed by atoms with Gasteiger partial charge in [-0.3, -0.25) is 4.72 Å². The molecule has 0 radical (unpaired) electrons. The molecule has 0 spiro atoms. The maximum Gasteiger partial charge on any atom is 0.377 e. The molecule has 2 saturated heterocycles. The van der Waals surface area contributed by atoms with Crippen molar-refractivity contribution in [1.29, 1.82) is 0 Å². The Morgan fingerprint density at radius 1 is 1.03 bits per heavy atom. The lowest BCUT2D eigenvalue weighted by Gasteiger charge is -2.35. The molecule has 1 aromatic carbocycles. The number of anilines is 3. The monoisotopic (exact) mass is 515 g/mol. The first-order valence-corrected chi connectivity index (χ1v) is 13.8. The van der Waals surface area contributed by atoms with Crippen LogP contribution in [0.4, 0.5) is 17.5 Å². The van der Waals surface area contributed by atoms with Gasteiger partial charge in [-0.05, 0) is 42.8 Å². The molecule has 0 saturated carbocycles. The molecule has 4 heterocycles. The van der Waals surface area contributed by atoms with E-state index >= 15 is 0 Å². The largest absolute Gasteiger partial charge is 0.377 e. The summed E-state index contributed by atoms with van der Waals surface area (Å²) in [7, 11) is -3.44. The number of morpholine rings is 2. The number of pyridine rings is 1. The van der Waals surface area contributed by atoms with Gasteiger partial charge in [-0.15, -0.1) is 0 Å². The molecule has 2 aliphatic rings. The van der Waals surface area contributed by atoms with Crippen molar-refractivity contribution in [2.45, 2.75) is 25.9 Å². The van der Waals surface area contributed by atoms with Crippen molar-refractivity contribution < 1.29 is 27.8 Å². The minimum atomic E-state index is -3.44. The summed E-state index contributed by atoms with van der Waals surface area (Å²) in [6.07, 6.45) is 1.10. The van der Waals surface area contributed by atoms with Gasteiger partial charge in [-0.1, -0.05) is 12.1 Å². The Hall–Kier alpha value is -3.22. The lowest BCUT2D eigenvalue weighted by Crippen LogP contribution is -2.47. The van der Waals surface area contributed by atoms with Gasteiger partial charge >= 0.3 is 11.6 Å². The van der Waals surface area contributed by atoms with E-state index in [0.29, 0.717) is 73.4 Å². The third kappa shape index (κ3) is 4.88. The molecule has 2 N–H and O–H groups in total. The van der Waals surface area contributed by atoms with Crippen molar-refractivity contribution in [1.82, 2.24) is 9.97 Å². The van der Waals surface area contributed by atoms with Crippen LogP contribution in [0, 0.1) is 0 Å². The number of hydrogen-bond acceptors (Lipinski definition) is 9. The van der Waals surface area contributed by atoms with Gasteiger partial charge in [0.25, 0.3) is 0 Å². The summed E-state index contributed by atoms with van der Waals surface area (Å²) in [5.41, 5.74) is 1.88. The summed E-state index contributed by atoms with van der Waals surface area (Å²) in [6, 6.07) is 10.7. The van der Waals surface area contributed by atoms with E-state index < -0.39 is 10.0 Å². The zero-order valence-electron chi connectivity index (χ0n) is 20.6. The summed E-state index contributed by atoms with van der Waals surface area (Å²) in [4.78, 5) is 14.1. The van der Waals surface area contributed by atoms with Crippen LogP contribution in [0.15, 0.2) is 36.4 Å². The second kappa shape index (κ2) is 9.68. The van der Waals surface area contributed by atoms with Crippen LogP contribution >= 0.6 is 0 Å². The van der Waals surface area contributed by atoms with E-state index in [2.05, 4.69) is 28.4 Å². The highest BCUT2D eigenvalue weighted by atomic mass is 32.2. The first-order valence-electron chi connectivity index (χ1n) is 11.9. The van der Waals surface area contributed by atoms with Gasteiger partial charge in [0.2, 0.25) is 10.0 Å². The van der Waals surface area contributed by atoms with Crippen LogP contribution in [0.25, 0.3) is 22.3 Å². The molecule has 2 aliphatic heterocycles. The standard InChI is InChI=1S/C24H31N6O5S/c1-16-14-34-11-9-28(16)22-20-7-8-21(18-5-4-6-19(13-18)27-36(3,32)33)30(31)23(20)26-24(25-22)29-10-12-35-15-17(29)2/h4-8,13,16-17,27,31H,9-12,14-15H2,1-3H3/q+1/t16-,17-/m0/s1. The Bertz CT molecular complexity index is 1380. The lowest BCUT2D eigenvalue weighted by molar-refractivity contribution is -0.877. The number of benzene rings is 1. The van der Waals surface area contributed by atoms with E-state index in [0.717, 1.165) is 16.8 Å². The molecule has 0 amide bonds. The molecular weight excluding hydrogens is 484 g/mol. The third-order valence-corrected chi connectivity index (χ3v) is 7.06. The summed E-state index contributed by atoms with van der Waals surface area (Å²) in [6.45, 7) is 7.81. The highest BCUT2D eigenvalue weighted by molar-refractivity contribution is 7.92. The first-order chi connectivity index (χ1) is 17.2. The molecule has 5 rings (SSSR count). The maximum absolute atomic E-state index is 11.7. The van der Waals surface area contributed by atoms with Crippen molar-refractivity contribution in [2.24, 2.45) is 0 Å². The zero-order valence-corrected chi connectivity index (χ0v) is 21.4. The summed E-state index contributed by atoms with van der Waals surface area (Å²) in [5.74, 6) is 1.27. The summed E-state index contributed by atoms with van der Waals surface area (Å²) < 4.78 is 38.2. The van der Waals surface area contributed by atoms with Gasteiger partial charge in [0, 0.05) is 29.3 Å². The Morgan fingerprint density at radius 3 is 2.39 bits per heavy atom. The maximum atomic E-state index is 11.7. The molecule has 36 heavy (non-hydrogen) atoms. The number of rotatable bonds is 5. The van der Waals surface area contributed by atoms with Gasteiger partial charge in [0.1, 0.15) is 5.39 Å². The molecule has 2 fully saturated rings. The van der Waals surface area contributed by atoms with E-state index in [1.165, 1.54) is 0 Å².